The lowest BCUT2D eigenvalue weighted by atomic mass is 10.2. The van der Waals surface area contributed by atoms with E-state index < -0.39 is 17.5 Å². The van der Waals surface area contributed by atoms with E-state index in [1.54, 1.807) is 12.1 Å². The zero-order valence-corrected chi connectivity index (χ0v) is 9.28. The number of nitrogens with two attached hydrogens (primary N) is 1. The number of rotatable bonds is 3. The van der Waals surface area contributed by atoms with E-state index in [2.05, 4.69) is 5.32 Å². The minimum absolute atomic E-state index is 0.00313. The lowest BCUT2D eigenvalue weighted by Gasteiger charge is -2.08. The zero-order chi connectivity index (χ0) is 13.1. The fraction of sp³-hybridized carbons (Fsp3) is 0. The van der Waals surface area contributed by atoms with Crippen LogP contribution in [0.25, 0.3) is 0 Å². The molecular weight excluding hydrogens is 238 g/mol. The molecule has 1 amide bonds. The van der Waals surface area contributed by atoms with Crippen molar-refractivity contribution in [3.05, 3.63) is 59.7 Å². The fourth-order valence-electron chi connectivity index (χ4n) is 1.51. The molecule has 0 radical (unpaired) electrons. The summed E-state index contributed by atoms with van der Waals surface area (Å²) in [5.74, 6) is -2.49. The maximum atomic E-state index is 13.4. The number of hydrogen-bond acceptors (Lipinski definition) is 2. The monoisotopic (exact) mass is 248 g/mol. The van der Waals surface area contributed by atoms with Gasteiger partial charge in [-0.25, -0.2) is 8.78 Å². The third kappa shape index (κ3) is 2.45. The normalized spacial score (nSPS) is 10.1. The van der Waals surface area contributed by atoms with Gasteiger partial charge in [0.25, 0.3) is 0 Å². The molecular formula is C13H10F2N2O. The maximum absolute atomic E-state index is 13.4. The van der Waals surface area contributed by atoms with E-state index in [1.165, 1.54) is 24.3 Å². The molecule has 0 atom stereocenters. The predicted octanol–water partition coefficient (Wildman–Crippen LogP) is 2.81. The molecule has 0 aromatic heterocycles. The predicted molar refractivity (Wildman–Crippen MR) is 64.6 cm³/mol. The van der Waals surface area contributed by atoms with Gasteiger partial charge in [-0.1, -0.05) is 12.1 Å². The molecule has 0 aliphatic carbocycles. The second kappa shape index (κ2) is 4.83. The quantitative estimate of drug-likeness (QED) is 0.877. The van der Waals surface area contributed by atoms with Crippen molar-refractivity contribution in [2.75, 3.05) is 5.32 Å². The second-order valence-corrected chi connectivity index (χ2v) is 3.67. The molecule has 0 saturated carbocycles. The molecule has 0 bridgehead atoms. The molecule has 5 heteroatoms. The van der Waals surface area contributed by atoms with Crippen LogP contribution < -0.4 is 11.1 Å². The summed E-state index contributed by atoms with van der Waals surface area (Å²) >= 11 is 0. The van der Waals surface area contributed by atoms with E-state index in [-0.39, 0.29) is 11.3 Å². The van der Waals surface area contributed by atoms with Crippen LogP contribution in [0.2, 0.25) is 0 Å². The van der Waals surface area contributed by atoms with Crippen molar-refractivity contribution < 1.29 is 13.6 Å². The maximum Gasteiger partial charge on any atom is 0.248 e. The van der Waals surface area contributed by atoms with Gasteiger partial charge in [0.05, 0.1) is 5.69 Å². The molecule has 0 aliphatic heterocycles. The molecule has 0 heterocycles. The minimum atomic E-state index is -0.970. The standard InChI is InChI=1S/C13H10F2N2O/c14-10-5-2-6-11(12(10)15)17-9-4-1-3-8(7-9)13(16)18/h1-7,17H,(H2,16,18). The van der Waals surface area contributed by atoms with Crippen LogP contribution >= 0.6 is 0 Å². The molecule has 0 spiro atoms. The smallest absolute Gasteiger partial charge is 0.248 e. The number of carbonyl (C=O) groups is 1. The van der Waals surface area contributed by atoms with E-state index in [1.807, 2.05) is 0 Å². The topological polar surface area (TPSA) is 55.1 Å². The van der Waals surface area contributed by atoms with Crippen molar-refractivity contribution in [2.24, 2.45) is 5.73 Å². The highest BCUT2D eigenvalue weighted by Crippen LogP contribution is 2.22. The Balaban J connectivity index is 2.31. The highest BCUT2D eigenvalue weighted by atomic mass is 19.2. The molecule has 2 rings (SSSR count). The first kappa shape index (κ1) is 12.0. The zero-order valence-electron chi connectivity index (χ0n) is 9.28. The van der Waals surface area contributed by atoms with Crippen molar-refractivity contribution in [3.8, 4) is 0 Å². The van der Waals surface area contributed by atoms with E-state index in [0.29, 0.717) is 5.69 Å². The fourth-order valence-corrected chi connectivity index (χ4v) is 1.51. The first-order valence-corrected chi connectivity index (χ1v) is 5.19. The van der Waals surface area contributed by atoms with Gasteiger partial charge >= 0.3 is 0 Å². The minimum Gasteiger partial charge on any atom is -0.366 e. The van der Waals surface area contributed by atoms with Crippen LogP contribution in [0.4, 0.5) is 20.2 Å². The summed E-state index contributed by atoms with van der Waals surface area (Å²) in [4.78, 5) is 11.0. The number of primary amides is 1. The third-order valence-corrected chi connectivity index (χ3v) is 2.38. The molecule has 3 nitrogen and oxygen atoms in total. The molecule has 2 aromatic carbocycles. The van der Waals surface area contributed by atoms with Crippen LogP contribution in [0.15, 0.2) is 42.5 Å². The first-order valence-electron chi connectivity index (χ1n) is 5.19. The molecule has 2 aromatic rings. The van der Waals surface area contributed by atoms with Crippen LogP contribution in [-0.4, -0.2) is 5.91 Å². The Morgan fingerprint density at radius 3 is 2.56 bits per heavy atom. The summed E-state index contributed by atoms with van der Waals surface area (Å²) in [6, 6.07) is 10.0. The van der Waals surface area contributed by atoms with Crippen molar-refractivity contribution in [1.29, 1.82) is 0 Å². The number of anilines is 2. The third-order valence-electron chi connectivity index (χ3n) is 2.38. The van der Waals surface area contributed by atoms with Crippen molar-refractivity contribution in [3.63, 3.8) is 0 Å². The Hall–Kier alpha value is -2.43. The van der Waals surface area contributed by atoms with Gasteiger partial charge in [-0.3, -0.25) is 4.79 Å². The summed E-state index contributed by atoms with van der Waals surface area (Å²) in [7, 11) is 0. The average Bonchev–Trinajstić information content (AvgIpc) is 2.35. The summed E-state index contributed by atoms with van der Waals surface area (Å²) in [6.07, 6.45) is 0. The van der Waals surface area contributed by atoms with E-state index in [9.17, 15) is 13.6 Å². The molecule has 92 valence electrons. The highest BCUT2D eigenvalue weighted by molar-refractivity contribution is 5.93. The number of carbonyl (C=O) groups excluding carboxylic acids is 1. The largest absolute Gasteiger partial charge is 0.366 e. The van der Waals surface area contributed by atoms with Crippen molar-refractivity contribution in [1.82, 2.24) is 0 Å². The lowest BCUT2D eigenvalue weighted by Crippen LogP contribution is -2.10. The van der Waals surface area contributed by atoms with Crippen LogP contribution in [-0.2, 0) is 0 Å². The number of amides is 1. The van der Waals surface area contributed by atoms with Gasteiger partial charge in [-0.05, 0) is 30.3 Å². The van der Waals surface area contributed by atoms with E-state index >= 15 is 0 Å². The molecule has 0 saturated heterocycles. The van der Waals surface area contributed by atoms with Gasteiger partial charge in [0, 0.05) is 11.3 Å². The first-order chi connectivity index (χ1) is 8.58. The SMILES string of the molecule is NC(=O)c1cccc(Nc2cccc(F)c2F)c1. The molecule has 0 fully saturated rings. The molecule has 3 N–H and O–H groups in total. The number of hydrogen-bond donors (Lipinski definition) is 2. The highest BCUT2D eigenvalue weighted by Gasteiger charge is 2.08. The van der Waals surface area contributed by atoms with Crippen LogP contribution in [0.3, 0.4) is 0 Å². The number of benzene rings is 2. The van der Waals surface area contributed by atoms with Crippen LogP contribution in [0.1, 0.15) is 10.4 Å². The van der Waals surface area contributed by atoms with Gasteiger partial charge in [-0.2, -0.15) is 0 Å². The van der Waals surface area contributed by atoms with Crippen LogP contribution in [0.5, 0.6) is 0 Å². The Labute approximate surface area is 102 Å². The van der Waals surface area contributed by atoms with Crippen LogP contribution in [0, 0.1) is 11.6 Å². The number of halogens is 2. The second-order valence-electron chi connectivity index (χ2n) is 3.67. The average molecular weight is 248 g/mol. The Kier molecular flexibility index (Phi) is 3.23. The summed E-state index contributed by atoms with van der Waals surface area (Å²) in [6.45, 7) is 0. The van der Waals surface area contributed by atoms with E-state index in [4.69, 9.17) is 5.73 Å². The molecule has 0 unspecified atom stereocenters. The summed E-state index contributed by atoms with van der Waals surface area (Å²) in [5.41, 5.74) is 5.87. The Morgan fingerprint density at radius 2 is 1.83 bits per heavy atom. The summed E-state index contributed by atoms with van der Waals surface area (Å²) < 4.78 is 26.4. The van der Waals surface area contributed by atoms with Gasteiger partial charge in [0.2, 0.25) is 5.91 Å². The van der Waals surface area contributed by atoms with Crippen molar-refractivity contribution in [2.45, 2.75) is 0 Å². The van der Waals surface area contributed by atoms with E-state index in [0.717, 1.165) is 6.07 Å². The summed E-state index contributed by atoms with van der Waals surface area (Å²) in [5, 5.41) is 2.69. The van der Waals surface area contributed by atoms with Gasteiger partial charge in [0.1, 0.15) is 0 Å². The Bertz CT molecular complexity index is 599. The Morgan fingerprint density at radius 1 is 1.11 bits per heavy atom. The molecule has 18 heavy (non-hydrogen) atoms. The van der Waals surface area contributed by atoms with Gasteiger partial charge < -0.3 is 11.1 Å². The molecule has 0 aliphatic rings. The van der Waals surface area contributed by atoms with Gasteiger partial charge in [0.15, 0.2) is 11.6 Å². The van der Waals surface area contributed by atoms with Gasteiger partial charge in [-0.15, -0.1) is 0 Å². The lowest BCUT2D eigenvalue weighted by molar-refractivity contribution is 0.100. The number of nitrogens with one attached hydrogen (secondary N) is 1. The van der Waals surface area contributed by atoms with Crippen molar-refractivity contribution >= 4 is 17.3 Å².